The molecule has 0 spiro atoms. The van der Waals surface area contributed by atoms with Gasteiger partial charge in [-0.2, -0.15) is 0 Å². The molecule has 1 saturated heterocycles. The number of piperazine rings is 1. The van der Waals surface area contributed by atoms with E-state index in [0.717, 1.165) is 58.7 Å². The van der Waals surface area contributed by atoms with Crippen LogP contribution in [0.4, 0.5) is 8.78 Å². The van der Waals surface area contributed by atoms with Crippen LogP contribution >= 0.6 is 0 Å². The highest BCUT2D eigenvalue weighted by Crippen LogP contribution is 2.26. The van der Waals surface area contributed by atoms with Crippen LogP contribution in [0, 0.1) is 11.6 Å². The Balaban J connectivity index is 2.26. The van der Waals surface area contributed by atoms with Crippen molar-refractivity contribution in [3.8, 4) is 0 Å². The summed E-state index contributed by atoms with van der Waals surface area (Å²) in [6.07, 6.45) is 2.02. The molecule has 1 aromatic rings. The Morgan fingerprint density at radius 3 is 2.39 bits per heavy atom. The Hall–Kier alpha value is -1.04. The monoisotopic (exact) mass is 325 g/mol. The Morgan fingerprint density at radius 2 is 1.78 bits per heavy atom. The number of hydrogen-bond donors (Lipinski definition) is 1. The first-order valence-electron chi connectivity index (χ1n) is 8.77. The lowest BCUT2D eigenvalue weighted by Crippen LogP contribution is -2.47. The van der Waals surface area contributed by atoms with Gasteiger partial charge >= 0.3 is 0 Å². The maximum absolute atomic E-state index is 14.4. The molecule has 0 radical (unpaired) electrons. The Bertz CT molecular complexity index is 469. The lowest BCUT2D eigenvalue weighted by molar-refractivity contribution is 0.126. The van der Waals surface area contributed by atoms with Crippen molar-refractivity contribution in [3.05, 3.63) is 35.4 Å². The van der Waals surface area contributed by atoms with E-state index in [2.05, 4.69) is 29.0 Å². The molecule has 0 aliphatic carbocycles. The quantitative estimate of drug-likeness (QED) is 0.792. The summed E-state index contributed by atoms with van der Waals surface area (Å²) in [7, 11) is 0. The Kier molecular flexibility index (Phi) is 7.40. The van der Waals surface area contributed by atoms with Crippen molar-refractivity contribution >= 4 is 0 Å². The van der Waals surface area contributed by atoms with E-state index in [0.29, 0.717) is 5.56 Å². The predicted octanol–water partition coefficient (Wildman–Crippen LogP) is 3.03. The van der Waals surface area contributed by atoms with Crippen molar-refractivity contribution in [1.29, 1.82) is 0 Å². The van der Waals surface area contributed by atoms with Gasteiger partial charge in [0.25, 0.3) is 0 Å². The standard InChI is InChI=1S/C18H29F2N3/c1-3-9-23(10-4-2)18(14-22-11-7-21-8-12-22)16-13-15(19)5-6-17(16)20/h5-6,13,18,21H,3-4,7-12,14H2,1-2H3. The largest absolute Gasteiger partial charge is 0.314 e. The third kappa shape index (κ3) is 5.23. The van der Waals surface area contributed by atoms with E-state index in [1.54, 1.807) is 0 Å². The number of nitrogens with zero attached hydrogens (tertiary/aromatic N) is 2. The first-order chi connectivity index (χ1) is 11.2. The van der Waals surface area contributed by atoms with Crippen LogP contribution in [0.1, 0.15) is 38.3 Å². The maximum atomic E-state index is 14.4. The average molecular weight is 325 g/mol. The fourth-order valence-corrected chi connectivity index (χ4v) is 3.32. The molecule has 1 aromatic carbocycles. The molecule has 3 nitrogen and oxygen atoms in total. The number of benzene rings is 1. The maximum Gasteiger partial charge on any atom is 0.128 e. The van der Waals surface area contributed by atoms with E-state index in [1.807, 2.05) is 0 Å². The Morgan fingerprint density at radius 1 is 1.13 bits per heavy atom. The van der Waals surface area contributed by atoms with Crippen LogP contribution in [-0.4, -0.2) is 55.6 Å². The third-order valence-corrected chi connectivity index (χ3v) is 4.42. The van der Waals surface area contributed by atoms with Crippen molar-refractivity contribution in [3.63, 3.8) is 0 Å². The van der Waals surface area contributed by atoms with Gasteiger partial charge in [-0.05, 0) is 44.1 Å². The predicted molar refractivity (Wildman–Crippen MR) is 90.6 cm³/mol. The van der Waals surface area contributed by atoms with Gasteiger partial charge in [0.05, 0.1) is 6.04 Å². The van der Waals surface area contributed by atoms with E-state index in [9.17, 15) is 8.78 Å². The summed E-state index contributed by atoms with van der Waals surface area (Å²) in [6, 6.07) is 3.74. The van der Waals surface area contributed by atoms with Gasteiger partial charge in [0.1, 0.15) is 11.6 Å². The summed E-state index contributed by atoms with van der Waals surface area (Å²) in [5, 5.41) is 3.34. The minimum absolute atomic E-state index is 0.0938. The number of nitrogens with one attached hydrogen (secondary N) is 1. The van der Waals surface area contributed by atoms with Gasteiger partial charge in [0.2, 0.25) is 0 Å². The lowest BCUT2D eigenvalue weighted by atomic mass is 10.0. The van der Waals surface area contributed by atoms with Crippen LogP contribution in [0.25, 0.3) is 0 Å². The van der Waals surface area contributed by atoms with Crippen LogP contribution in [0.2, 0.25) is 0 Å². The summed E-state index contributed by atoms with van der Waals surface area (Å²) in [6.45, 7) is 10.7. The molecule has 1 unspecified atom stereocenters. The minimum atomic E-state index is -0.361. The van der Waals surface area contributed by atoms with Gasteiger partial charge in [-0.1, -0.05) is 13.8 Å². The van der Waals surface area contributed by atoms with E-state index in [1.165, 1.54) is 18.2 Å². The van der Waals surface area contributed by atoms with Crippen LogP contribution < -0.4 is 5.32 Å². The summed E-state index contributed by atoms with van der Waals surface area (Å²) >= 11 is 0. The number of halogens is 2. The highest BCUT2D eigenvalue weighted by molar-refractivity contribution is 5.23. The zero-order chi connectivity index (χ0) is 16.7. The van der Waals surface area contributed by atoms with Gasteiger partial charge in [0, 0.05) is 38.3 Å². The molecule has 1 heterocycles. The molecule has 1 atom stereocenters. The van der Waals surface area contributed by atoms with Crippen LogP contribution in [0.5, 0.6) is 0 Å². The van der Waals surface area contributed by atoms with E-state index >= 15 is 0 Å². The number of hydrogen-bond acceptors (Lipinski definition) is 3. The van der Waals surface area contributed by atoms with Crippen LogP contribution in [-0.2, 0) is 0 Å². The molecule has 1 aliphatic rings. The molecule has 130 valence electrons. The molecule has 0 saturated carbocycles. The lowest BCUT2D eigenvalue weighted by Gasteiger charge is -2.37. The fourth-order valence-electron chi connectivity index (χ4n) is 3.32. The molecule has 0 bridgehead atoms. The van der Waals surface area contributed by atoms with Crippen molar-refractivity contribution in [2.24, 2.45) is 0 Å². The fraction of sp³-hybridized carbons (Fsp3) is 0.667. The normalized spacial score (nSPS) is 17.6. The van der Waals surface area contributed by atoms with Gasteiger partial charge in [-0.15, -0.1) is 0 Å². The first-order valence-corrected chi connectivity index (χ1v) is 8.77. The van der Waals surface area contributed by atoms with Gasteiger partial charge in [0.15, 0.2) is 0 Å². The smallest absolute Gasteiger partial charge is 0.128 e. The zero-order valence-corrected chi connectivity index (χ0v) is 14.3. The molecule has 0 aromatic heterocycles. The molecule has 0 amide bonds. The van der Waals surface area contributed by atoms with Gasteiger partial charge < -0.3 is 5.32 Å². The van der Waals surface area contributed by atoms with E-state index in [-0.39, 0.29) is 17.7 Å². The summed E-state index contributed by atoms with van der Waals surface area (Å²) in [5.41, 5.74) is 0.491. The van der Waals surface area contributed by atoms with E-state index < -0.39 is 0 Å². The summed E-state index contributed by atoms with van der Waals surface area (Å²) in [4.78, 5) is 4.66. The minimum Gasteiger partial charge on any atom is -0.314 e. The molecule has 1 aliphatic heterocycles. The van der Waals surface area contributed by atoms with Crippen molar-refractivity contribution in [1.82, 2.24) is 15.1 Å². The Labute approximate surface area is 138 Å². The third-order valence-electron chi connectivity index (χ3n) is 4.42. The molecular formula is C18H29F2N3. The topological polar surface area (TPSA) is 18.5 Å². The second-order valence-corrected chi connectivity index (χ2v) is 6.27. The average Bonchev–Trinajstić information content (AvgIpc) is 2.56. The van der Waals surface area contributed by atoms with Crippen LogP contribution in [0.3, 0.4) is 0 Å². The molecule has 5 heteroatoms. The molecule has 1 N–H and O–H groups in total. The first kappa shape index (κ1) is 18.3. The van der Waals surface area contributed by atoms with Gasteiger partial charge in [-0.3, -0.25) is 9.80 Å². The SMILES string of the molecule is CCCN(CCC)C(CN1CCNCC1)c1cc(F)ccc1F. The van der Waals surface area contributed by atoms with Crippen LogP contribution in [0.15, 0.2) is 18.2 Å². The molecule has 1 fully saturated rings. The zero-order valence-electron chi connectivity index (χ0n) is 14.3. The molecule has 23 heavy (non-hydrogen) atoms. The second-order valence-electron chi connectivity index (χ2n) is 6.27. The van der Waals surface area contributed by atoms with Crippen molar-refractivity contribution < 1.29 is 8.78 Å². The highest BCUT2D eigenvalue weighted by Gasteiger charge is 2.26. The van der Waals surface area contributed by atoms with E-state index in [4.69, 9.17) is 0 Å². The van der Waals surface area contributed by atoms with Crippen molar-refractivity contribution in [2.45, 2.75) is 32.7 Å². The van der Waals surface area contributed by atoms with Crippen molar-refractivity contribution in [2.75, 3.05) is 45.8 Å². The highest BCUT2D eigenvalue weighted by atomic mass is 19.1. The van der Waals surface area contributed by atoms with Gasteiger partial charge in [-0.25, -0.2) is 8.78 Å². The summed E-state index contributed by atoms with van der Waals surface area (Å²) in [5.74, 6) is -0.664. The second kappa shape index (κ2) is 9.30. The number of rotatable bonds is 8. The molecular weight excluding hydrogens is 296 g/mol. The molecule has 2 rings (SSSR count). The summed E-state index contributed by atoms with van der Waals surface area (Å²) < 4.78 is 28.1.